The van der Waals surface area contributed by atoms with Gasteiger partial charge in [-0.1, -0.05) is 0 Å². The SMILES string of the molecule is CS(=O)(=O)C1CC(N)C1.Cl. The maximum Gasteiger partial charge on any atom is 0.150 e. The van der Waals surface area contributed by atoms with Crippen molar-refractivity contribution < 1.29 is 8.42 Å². The van der Waals surface area contributed by atoms with Crippen LogP contribution >= 0.6 is 12.4 Å². The van der Waals surface area contributed by atoms with Crippen molar-refractivity contribution in [2.75, 3.05) is 6.26 Å². The van der Waals surface area contributed by atoms with Gasteiger partial charge in [0.25, 0.3) is 0 Å². The first-order valence-corrected chi connectivity index (χ1v) is 4.90. The van der Waals surface area contributed by atoms with Crippen LogP contribution in [0.1, 0.15) is 12.8 Å². The zero-order valence-electron chi connectivity index (χ0n) is 5.78. The molecule has 1 fully saturated rings. The predicted octanol–water partition coefficient (Wildman–Crippen LogP) is -0.0575. The normalized spacial score (nSPS) is 32.2. The first-order valence-electron chi connectivity index (χ1n) is 2.94. The van der Waals surface area contributed by atoms with E-state index in [1.165, 1.54) is 6.26 Å². The maximum atomic E-state index is 10.7. The van der Waals surface area contributed by atoms with Crippen molar-refractivity contribution >= 4 is 22.2 Å². The molecule has 0 heterocycles. The molecule has 62 valence electrons. The molecule has 3 nitrogen and oxygen atoms in total. The summed E-state index contributed by atoms with van der Waals surface area (Å²) in [5.41, 5.74) is 5.40. The van der Waals surface area contributed by atoms with Gasteiger partial charge in [0.15, 0.2) is 0 Å². The van der Waals surface area contributed by atoms with E-state index in [0.717, 1.165) is 0 Å². The summed E-state index contributed by atoms with van der Waals surface area (Å²) >= 11 is 0. The van der Waals surface area contributed by atoms with E-state index in [4.69, 9.17) is 5.73 Å². The molecule has 0 aromatic rings. The van der Waals surface area contributed by atoms with Crippen LogP contribution in [0.4, 0.5) is 0 Å². The maximum absolute atomic E-state index is 10.7. The Kier molecular flexibility index (Phi) is 3.13. The van der Waals surface area contributed by atoms with E-state index in [1.807, 2.05) is 0 Å². The van der Waals surface area contributed by atoms with Crippen molar-refractivity contribution in [3.8, 4) is 0 Å². The summed E-state index contributed by atoms with van der Waals surface area (Å²) in [4.78, 5) is 0. The highest BCUT2D eigenvalue weighted by molar-refractivity contribution is 7.91. The average Bonchev–Trinajstić information content (AvgIpc) is 1.55. The van der Waals surface area contributed by atoms with Crippen LogP contribution in [-0.2, 0) is 9.84 Å². The molecule has 0 aromatic heterocycles. The molecule has 0 unspecified atom stereocenters. The highest BCUT2D eigenvalue weighted by Crippen LogP contribution is 2.24. The van der Waals surface area contributed by atoms with Gasteiger partial charge in [-0.05, 0) is 12.8 Å². The first kappa shape index (κ1) is 10.2. The first-order chi connectivity index (χ1) is 4.00. The second kappa shape index (κ2) is 3.07. The summed E-state index contributed by atoms with van der Waals surface area (Å²) in [7, 11) is -2.78. The molecule has 5 heteroatoms. The number of hydrogen-bond acceptors (Lipinski definition) is 3. The minimum atomic E-state index is -2.78. The number of halogens is 1. The molecular weight excluding hydrogens is 174 g/mol. The van der Waals surface area contributed by atoms with Crippen LogP contribution in [0.15, 0.2) is 0 Å². The van der Waals surface area contributed by atoms with Gasteiger partial charge < -0.3 is 5.73 Å². The number of sulfone groups is 1. The largest absolute Gasteiger partial charge is 0.328 e. The van der Waals surface area contributed by atoms with E-state index < -0.39 is 9.84 Å². The molecule has 1 saturated carbocycles. The summed E-state index contributed by atoms with van der Waals surface area (Å²) in [6, 6.07) is 0.129. The second-order valence-corrected chi connectivity index (χ2v) is 5.01. The predicted molar refractivity (Wildman–Crippen MR) is 43.1 cm³/mol. The molecule has 0 aromatic carbocycles. The molecule has 10 heavy (non-hydrogen) atoms. The molecular formula is C5H12ClNO2S. The van der Waals surface area contributed by atoms with E-state index >= 15 is 0 Å². The zero-order valence-corrected chi connectivity index (χ0v) is 7.41. The molecule has 0 radical (unpaired) electrons. The summed E-state index contributed by atoms with van der Waals surface area (Å²) in [6.07, 6.45) is 2.57. The molecule has 1 rings (SSSR count). The lowest BCUT2D eigenvalue weighted by Crippen LogP contribution is -2.44. The highest BCUT2D eigenvalue weighted by atomic mass is 35.5. The van der Waals surface area contributed by atoms with Crippen molar-refractivity contribution in [3.05, 3.63) is 0 Å². The number of rotatable bonds is 1. The van der Waals surface area contributed by atoms with Gasteiger partial charge in [-0.25, -0.2) is 8.42 Å². The molecule has 0 spiro atoms. The van der Waals surface area contributed by atoms with E-state index in [9.17, 15) is 8.42 Å². The Hall–Kier alpha value is 0.200. The van der Waals surface area contributed by atoms with Crippen LogP contribution in [0.25, 0.3) is 0 Å². The highest BCUT2D eigenvalue weighted by Gasteiger charge is 2.33. The Morgan fingerprint density at radius 2 is 1.80 bits per heavy atom. The lowest BCUT2D eigenvalue weighted by molar-refractivity contribution is 0.410. The minimum Gasteiger partial charge on any atom is -0.328 e. The Balaban J connectivity index is 0.000000810. The molecule has 1 aliphatic carbocycles. The van der Waals surface area contributed by atoms with Crippen LogP contribution < -0.4 is 5.73 Å². The summed E-state index contributed by atoms with van der Waals surface area (Å²) < 4.78 is 21.4. The molecule has 1 aliphatic rings. The van der Waals surface area contributed by atoms with Crippen molar-refractivity contribution in [1.82, 2.24) is 0 Å². The molecule has 0 atom stereocenters. The van der Waals surface area contributed by atoms with Gasteiger partial charge in [-0.3, -0.25) is 0 Å². The van der Waals surface area contributed by atoms with Gasteiger partial charge in [-0.2, -0.15) is 0 Å². The Morgan fingerprint density at radius 1 is 1.40 bits per heavy atom. The van der Waals surface area contributed by atoms with Crippen LogP contribution in [0.5, 0.6) is 0 Å². The van der Waals surface area contributed by atoms with E-state index in [2.05, 4.69) is 0 Å². The summed E-state index contributed by atoms with van der Waals surface area (Å²) in [5, 5.41) is -0.146. The summed E-state index contributed by atoms with van der Waals surface area (Å²) in [5.74, 6) is 0. The Bertz CT molecular complexity index is 196. The average molecular weight is 186 g/mol. The van der Waals surface area contributed by atoms with Crippen molar-refractivity contribution in [2.45, 2.75) is 24.1 Å². The third-order valence-corrected chi connectivity index (χ3v) is 3.33. The lowest BCUT2D eigenvalue weighted by Gasteiger charge is -2.30. The van der Waals surface area contributed by atoms with Crippen LogP contribution in [-0.4, -0.2) is 26.0 Å². The van der Waals surface area contributed by atoms with Gasteiger partial charge in [0.2, 0.25) is 0 Å². The molecule has 0 bridgehead atoms. The number of hydrogen-bond donors (Lipinski definition) is 1. The van der Waals surface area contributed by atoms with Crippen molar-refractivity contribution in [3.63, 3.8) is 0 Å². The molecule has 0 amide bonds. The zero-order chi connectivity index (χ0) is 7.07. The van der Waals surface area contributed by atoms with E-state index in [1.54, 1.807) is 0 Å². The number of nitrogens with two attached hydrogens (primary N) is 1. The fourth-order valence-electron chi connectivity index (χ4n) is 0.956. The Labute approximate surface area is 67.3 Å². The fraction of sp³-hybridized carbons (Fsp3) is 1.00. The van der Waals surface area contributed by atoms with Gasteiger partial charge in [-0.15, -0.1) is 12.4 Å². The molecule has 0 aliphatic heterocycles. The van der Waals surface area contributed by atoms with Gasteiger partial charge in [0, 0.05) is 12.3 Å². The third-order valence-electron chi connectivity index (χ3n) is 1.74. The quantitative estimate of drug-likeness (QED) is 0.623. The third kappa shape index (κ3) is 2.11. The summed E-state index contributed by atoms with van der Waals surface area (Å²) in [6.45, 7) is 0. The smallest absolute Gasteiger partial charge is 0.150 e. The van der Waals surface area contributed by atoms with E-state index in [0.29, 0.717) is 12.8 Å². The van der Waals surface area contributed by atoms with E-state index in [-0.39, 0.29) is 23.7 Å². The Morgan fingerprint density at radius 3 is 1.90 bits per heavy atom. The van der Waals surface area contributed by atoms with Crippen molar-refractivity contribution in [2.24, 2.45) is 5.73 Å². The molecule has 0 saturated heterocycles. The second-order valence-electron chi connectivity index (χ2n) is 2.68. The van der Waals surface area contributed by atoms with Gasteiger partial charge in [0.05, 0.1) is 5.25 Å². The standard InChI is InChI=1S/C5H11NO2S.ClH/c1-9(7,8)5-2-4(6)3-5;/h4-5H,2-3,6H2,1H3;1H. The van der Waals surface area contributed by atoms with Crippen LogP contribution in [0.2, 0.25) is 0 Å². The molecule has 2 N–H and O–H groups in total. The monoisotopic (exact) mass is 185 g/mol. The van der Waals surface area contributed by atoms with Gasteiger partial charge in [0.1, 0.15) is 9.84 Å². The minimum absolute atomic E-state index is 0. The fourth-order valence-corrected chi connectivity index (χ4v) is 2.15. The topological polar surface area (TPSA) is 60.2 Å². The van der Waals surface area contributed by atoms with Crippen LogP contribution in [0, 0.1) is 0 Å². The van der Waals surface area contributed by atoms with Gasteiger partial charge >= 0.3 is 0 Å². The lowest BCUT2D eigenvalue weighted by atomic mass is 9.94. The van der Waals surface area contributed by atoms with Crippen molar-refractivity contribution in [1.29, 1.82) is 0 Å². The van der Waals surface area contributed by atoms with Crippen LogP contribution in [0.3, 0.4) is 0 Å².